The van der Waals surface area contributed by atoms with E-state index in [1.807, 2.05) is 24.3 Å². The molecule has 126 valence electrons. The van der Waals surface area contributed by atoms with Gasteiger partial charge in [-0.05, 0) is 42.1 Å². The van der Waals surface area contributed by atoms with Crippen molar-refractivity contribution in [2.75, 3.05) is 0 Å². The van der Waals surface area contributed by atoms with E-state index in [9.17, 15) is 9.59 Å². The van der Waals surface area contributed by atoms with Crippen LogP contribution >= 0.6 is 0 Å². The van der Waals surface area contributed by atoms with Crippen molar-refractivity contribution < 1.29 is 9.59 Å². The van der Waals surface area contributed by atoms with Gasteiger partial charge in [-0.1, -0.05) is 39.0 Å². The minimum absolute atomic E-state index is 0.0448. The number of carbonyl (C=O) groups is 2. The van der Waals surface area contributed by atoms with E-state index in [-0.39, 0.29) is 16.9 Å². The summed E-state index contributed by atoms with van der Waals surface area (Å²) < 4.78 is 0. The minimum Gasteiger partial charge on any atom is -0.360 e. The quantitative estimate of drug-likeness (QED) is 0.668. The Hall–Kier alpha value is -2.10. The van der Waals surface area contributed by atoms with Crippen LogP contribution in [0.4, 0.5) is 0 Å². The summed E-state index contributed by atoms with van der Waals surface area (Å²) in [5.74, 6) is -0.294. The van der Waals surface area contributed by atoms with Gasteiger partial charge in [0.2, 0.25) is 0 Å². The van der Waals surface area contributed by atoms with E-state index in [0.717, 1.165) is 23.7 Å². The topological polar surface area (TPSA) is 62.0 Å². The van der Waals surface area contributed by atoms with Gasteiger partial charge in [0.15, 0.2) is 0 Å². The maximum atomic E-state index is 12.7. The number of aromatic nitrogens is 1. The fourth-order valence-corrected chi connectivity index (χ4v) is 5.24. The lowest BCUT2D eigenvalue weighted by Crippen LogP contribution is -2.53. The molecule has 0 aliphatic heterocycles. The molecule has 1 aromatic heterocycles. The van der Waals surface area contributed by atoms with Crippen molar-refractivity contribution in [2.24, 2.45) is 16.7 Å². The largest absolute Gasteiger partial charge is 0.360 e. The third-order valence-corrected chi connectivity index (χ3v) is 6.59. The summed E-state index contributed by atoms with van der Waals surface area (Å²) in [7, 11) is 0. The molecule has 1 heterocycles. The smallest absolute Gasteiger partial charge is 0.292 e. The molecule has 4 heteroatoms. The predicted molar refractivity (Wildman–Crippen MR) is 93.8 cm³/mol. The van der Waals surface area contributed by atoms with Crippen LogP contribution in [-0.2, 0) is 4.79 Å². The average Bonchev–Trinajstić information content (AvgIpc) is 3.19. The summed E-state index contributed by atoms with van der Waals surface area (Å²) >= 11 is 0. The van der Waals surface area contributed by atoms with Gasteiger partial charge in [-0.25, -0.2) is 0 Å². The maximum absolute atomic E-state index is 12.7. The number of aromatic amines is 1. The van der Waals surface area contributed by atoms with Crippen LogP contribution in [0.1, 0.15) is 50.4 Å². The molecule has 0 radical (unpaired) electrons. The summed E-state index contributed by atoms with van der Waals surface area (Å²) in [5.41, 5.74) is 1.49. The van der Waals surface area contributed by atoms with E-state index in [4.69, 9.17) is 0 Å². The van der Waals surface area contributed by atoms with Crippen molar-refractivity contribution in [1.82, 2.24) is 10.3 Å². The van der Waals surface area contributed by atoms with Crippen molar-refractivity contribution in [3.8, 4) is 0 Å². The van der Waals surface area contributed by atoms with Gasteiger partial charge in [0.05, 0.1) is 5.56 Å². The number of benzene rings is 1. The second-order valence-electron chi connectivity index (χ2n) is 8.40. The molecule has 2 bridgehead atoms. The Balaban J connectivity index is 1.59. The average molecular weight is 324 g/mol. The Morgan fingerprint density at radius 1 is 1.21 bits per heavy atom. The summed E-state index contributed by atoms with van der Waals surface area (Å²) in [4.78, 5) is 28.4. The Kier molecular flexibility index (Phi) is 3.18. The van der Waals surface area contributed by atoms with Gasteiger partial charge in [0, 0.05) is 23.1 Å². The molecule has 3 atom stereocenters. The molecule has 2 aliphatic rings. The third kappa shape index (κ3) is 2.05. The summed E-state index contributed by atoms with van der Waals surface area (Å²) in [6.07, 6.45) is 5.14. The van der Waals surface area contributed by atoms with Crippen molar-refractivity contribution >= 4 is 22.6 Å². The number of carbonyl (C=O) groups excluding carboxylic acids is 2. The van der Waals surface area contributed by atoms with Gasteiger partial charge in [-0.3, -0.25) is 9.59 Å². The van der Waals surface area contributed by atoms with Crippen molar-refractivity contribution in [3.05, 3.63) is 36.0 Å². The number of ketones is 1. The Morgan fingerprint density at radius 3 is 2.67 bits per heavy atom. The zero-order valence-electron chi connectivity index (χ0n) is 14.5. The zero-order chi connectivity index (χ0) is 17.1. The predicted octanol–water partition coefficient (Wildman–Crippen LogP) is 3.68. The number of H-pyrrole nitrogens is 1. The second-order valence-corrected chi connectivity index (χ2v) is 8.40. The zero-order valence-corrected chi connectivity index (χ0v) is 14.5. The monoisotopic (exact) mass is 324 g/mol. The number of amides is 1. The first kappa shape index (κ1) is 15.4. The lowest BCUT2D eigenvalue weighted by Gasteiger charge is -2.42. The standard InChI is InChI=1S/C20H24N2O2/c1-19(2)12-8-9-20(3,10-12)18(19)22-17(24)16(23)14-11-21-15-7-5-4-6-13(14)15/h4-7,11-12,18,21H,8-10H2,1-3H3,(H,22,24)/t12-,18-,20+/m0/s1. The first-order valence-electron chi connectivity index (χ1n) is 8.74. The van der Waals surface area contributed by atoms with Crippen molar-refractivity contribution in [3.63, 3.8) is 0 Å². The molecule has 2 N–H and O–H groups in total. The lowest BCUT2D eigenvalue weighted by atomic mass is 9.68. The van der Waals surface area contributed by atoms with Crippen LogP contribution in [-0.4, -0.2) is 22.7 Å². The number of hydrogen-bond acceptors (Lipinski definition) is 2. The molecular weight excluding hydrogens is 300 g/mol. The second kappa shape index (κ2) is 4.95. The fraction of sp³-hybridized carbons (Fsp3) is 0.500. The molecule has 4 nitrogen and oxygen atoms in total. The molecule has 0 saturated heterocycles. The van der Waals surface area contributed by atoms with E-state index in [1.165, 1.54) is 6.42 Å². The molecule has 0 spiro atoms. The molecular formula is C20H24N2O2. The normalized spacial score (nSPS) is 30.6. The molecule has 24 heavy (non-hydrogen) atoms. The summed E-state index contributed by atoms with van der Waals surface area (Å²) in [6, 6.07) is 7.63. The van der Waals surface area contributed by atoms with Crippen LogP contribution < -0.4 is 5.32 Å². The van der Waals surface area contributed by atoms with Crippen molar-refractivity contribution in [2.45, 2.75) is 46.1 Å². The molecule has 1 aromatic carbocycles. The molecule has 2 saturated carbocycles. The van der Waals surface area contributed by atoms with Gasteiger partial charge in [0.1, 0.15) is 0 Å². The third-order valence-electron chi connectivity index (χ3n) is 6.59. The Labute approximate surface area is 142 Å². The van der Waals surface area contributed by atoms with Crippen LogP contribution in [0.2, 0.25) is 0 Å². The van der Waals surface area contributed by atoms with Crippen LogP contribution in [0.5, 0.6) is 0 Å². The highest BCUT2D eigenvalue weighted by atomic mass is 16.2. The molecule has 1 amide bonds. The van der Waals surface area contributed by atoms with E-state index >= 15 is 0 Å². The number of Topliss-reactive ketones (excluding diaryl/α,β-unsaturated/α-hetero) is 1. The minimum atomic E-state index is -0.480. The fourth-order valence-electron chi connectivity index (χ4n) is 5.24. The number of rotatable bonds is 3. The van der Waals surface area contributed by atoms with E-state index < -0.39 is 11.7 Å². The van der Waals surface area contributed by atoms with Crippen LogP contribution in [0.15, 0.2) is 30.5 Å². The lowest BCUT2D eigenvalue weighted by molar-refractivity contribution is -0.119. The van der Waals surface area contributed by atoms with Gasteiger partial charge in [-0.2, -0.15) is 0 Å². The SMILES string of the molecule is CC1(C)[C@H]2CC[C@](C)(C2)[C@H]1NC(=O)C(=O)c1c[nH]c2ccccc12. The maximum Gasteiger partial charge on any atom is 0.292 e. The number of fused-ring (bicyclic) bond motifs is 3. The highest BCUT2D eigenvalue weighted by molar-refractivity contribution is 6.45. The number of nitrogens with one attached hydrogen (secondary N) is 2. The van der Waals surface area contributed by atoms with Crippen LogP contribution in [0.25, 0.3) is 10.9 Å². The highest BCUT2D eigenvalue weighted by Gasteiger charge is 2.59. The number of hydrogen-bond donors (Lipinski definition) is 2. The Morgan fingerprint density at radius 2 is 1.96 bits per heavy atom. The summed E-state index contributed by atoms with van der Waals surface area (Å²) in [6.45, 7) is 6.70. The van der Waals surface area contributed by atoms with Gasteiger partial charge >= 0.3 is 0 Å². The summed E-state index contributed by atoms with van der Waals surface area (Å²) in [5, 5.41) is 3.89. The van der Waals surface area contributed by atoms with Crippen LogP contribution in [0.3, 0.4) is 0 Å². The van der Waals surface area contributed by atoms with Gasteiger partial charge < -0.3 is 10.3 Å². The molecule has 4 rings (SSSR count). The number of para-hydroxylation sites is 1. The molecule has 0 unspecified atom stereocenters. The molecule has 2 aromatic rings. The van der Waals surface area contributed by atoms with E-state index in [1.54, 1.807) is 6.20 Å². The van der Waals surface area contributed by atoms with Gasteiger partial charge in [0.25, 0.3) is 11.7 Å². The van der Waals surface area contributed by atoms with Crippen LogP contribution in [0, 0.1) is 16.7 Å². The van der Waals surface area contributed by atoms with Crippen molar-refractivity contribution in [1.29, 1.82) is 0 Å². The molecule has 2 fully saturated rings. The Bertz CT molecular complexity index is 830. The molecule has 2 aliphatic carbocycles. The van der Waals surface area contributed by atoms with E-state index in [0.29, 0.717) is 11.5 Å². The first-order valence-corrected chi connectivity index (χ1v) is 8.74. The first-order chi connectivity index (χ1) is 11.3. The van der Waals surface area contributed by atoms with Gasteiger partial charge in [-0.15, -0.1) is 0 Å². The highest BCUT2D eigenvalue weighted by Crippen LogP contribution is 2.62. The van der Waals surface area contributed by atoms with E-state index in [2.05, 4.69) is 31.1 Å².